The minimum Gasteiger partial charge on any atom is -0.480 e. The van der Waals surface area contributed by atoms with E-state index in [2.05, 4.69) is 20.6 Å². The second-order valence-corrected chi connectivity index (χ2v) is 9.96. The lowest BCUT2D eigenvalue weighted by Crippen LogP contribution is -2.29. The maximum absolute atomic E-state index is 11.1. The molecule has 2 aliphatic rings. The molecule has 2 heterocycles. The fraction of sp³-hybridized carbons (Fsp3) is 0.385. The van der Waals surface area contributed by atoms with Gasteiger partial charge in [0.25, 0.3) is 0 Å². The third-order valence-electron chi connectivity index (χ3n) is 6.43. The van der Waals surface area contributed by atoms with Gasteiger partial charge in [-0.25, -0.2) is 14.8 Å². The van der Waals surface area contributed by atoms with Gasteiger partial charge in [-0.05, 0) is 43.0 Å². The molecule has 0 radical (unpaired) electrons. The zero-order valence-electron chi connectivity index (χ0n) is 20.4. The quantitative estimate of drug-likeness (QED) is 0.325. The molecule has 1 aliphatic heterocycles. The molecule has 1 fully saturated rings. The van der Waals surface area contributed by atoms with Crippen molar-refractivity contribution in [3.8, 4) is 5.88 Å². The summed E-state index contributed by atoms with van der Waals surface area (Å²) in [6.07, 6.45) is 4.12. The van der Waals surface area contributed by atoms with E-state index in [1.54, 1.807) is 30.5 Å². The van der Waals surface area contributed by atoms with Gasteiger partial charge >= 0.3 is 6.09 Å². The normalized spacial score (nSPS) is 17.0. The number of thioether (sulfide) groups is 1. The number of methoxy groups -OCH3 is 1. The van der Waals surface area contributed by atoms with Gasteiger partial charge in [-0.1, -0.05) is 31.4 Å². The molecule has 0 spiro atoms. The highest BCUT2D eigenvalue weighted by Gasteiger charge is 2.30. The predicted octanol–water partition coefficient (Wildman–Crippen LogP) is 4.43. The number of amides is 2. The molecule has 1 aromatic heterocycles. The highest BCUT2D eigenvalue weighted by atomic mass is 32.2. The van der Waals surface area contributed by atoms with E-state index in [0.717, 1.165) is 30.6 Å². The van der Waals surface area contributed by atoms with Crippen molar-refractivity contribution in [1.29, 1.82) is 0 Å². The molecule has 0 saturated heterocycles. The first-order valence-electron chi connectivity index (χ1n) is 12.1. The number of anilines is 2. The van der Waals surface area contributed by atoms with Gasteiger partial charge in [0.1, 0.15) is 6.10 Å². The molecule has 196 valence electrons. The van der Waals surface area contributed by atoms with Gasteiger partial charge in [-0.15, -0.1) is 11.8 Å². The zero-order valence-corrected chi connectivity index (χ0v) is 21.2. The van der Waals surface area contributed by atoms with Gasteiger partial charge in [0.15, 0.2) is 0 Å². The fourth-order valence-corrected chi connectivity index (χ4v) is 5.37. The highest BCUT2D eigenvalue weighted by Crippen LogP contribution is 2.35. The first-order valence-corrected chi connectivity index (χ1v) is 13.1. The third-order valence-corrected chi connectivity index (χ3v) is 7.50. The van der Waals surface area contributed by atoms with Crippen LogP contribution in [0.25, 0.3) is 11.0 Å². The smallest absolute Gasteiger partial charge is 0.409 e. The van der Waals surface area contributed by atoms with Crippen LogP contribution < -0.4 is 15.4 Å². The van der Waals surface area contributed by atoms with Crippen LogP contribution in [-0.2, 0) is 4.79 Å². The Hall–Kier alpha value is -3.41. The van der Waals surface area contributed by atoms with E-state index in [1.807, 2.05) is 12.1 Å². The second kappa shape index (κ2) is 12.2. The molecule has 37 heavy (non-hydrogen) atoms. The maximum atomic E-state index is 11.1. The van der Waals surface area contributed by atoms with Crippen LogP contribution >= 0.6 is 11.8 Å². The second-order valence-electron chi connectivity index (χ2n) is 8.94. The number of carbonyl (C=O) groups excluding carboxylic acids is 1. The van der Waals surface area contributed by atoms with E-state index < -0.39 is 18.3 Å². The molecule has 0 bridgehead atoms. The summed E-state index contributed by atoms with van der Waals surface area (Å²) in [5.74, 6) is 0.885. The number of hydrogen-bond donors (Lipinski definition) is 5. The summed E-state index contributed by atoms with van der Waals surface area (Å²) < 4.78 is 5.12. The van der Waals surface area contributed by atoms with Gasteiger partial charge in [0, 0.05) is 16.1 Å². The lowest BCUT2D eigenvalue weighted by atomic mass is 9.82. The van der Waals surface area contributed by atoms with Crippen molar-refractivity contribution < 1.29 is 29.6 Å². The summed E-state index contributed by atoms with van der Waals surface area (Å²) in [6.45, 7) is 0. The summed E-state index contributed by atoms with van der Waals surface area (Å²) >= 11 is 1.44. The number of aliphatic hydroxyl groups excluding tert-OH is 2. The number of benzene rings is 2. The predicted molar refractivity (Wildman–Crippen MR) is 141 cm³/mol. The number of carboxylic acid groups (broad SMARTS) is 1. The first kappa shape index (κ1) is 26.6. The van der Waals surface area contributed by atoms with E-state index in [-0.39, 0.29) is 11.8 Å². The molecular formula is C26H30N4O6S. The lowest BCUT2D eigenvalue weighted by molar-refractivity contribution is -0.113. The number of hydrogen-bond acceptors (Lipinski definition) is 8. The third kappa shape index (κ3) is 6.68. The SMILES string of the molecule is COc1cnc2cccc([C@@H](O)[C@H](O)C3CCCCC3)c2n1.O=C(O)Nc1ccc2c(c1)NC(=O)CS2. The van der Waals surface area contributed by atoms with Gasteiger partial charge in [0.05, 0.1) is 41.9 Å². The van der Waals surface area contributed by atoms with Crippen molar-refractivity contribution in [3.63, 3.8) is 0 Å². The molecule has 5 rings (SSSR count). The Kier molecular flexibility index (Phi) is 8.80. The van der Waals surface area contributed by atoms with Crippen LogP contribution in [0.5, 0.6) is 5.88 Å². The highest BCUT2D eigenvalue weighted by molar-refractivity contribution is 8.00. The largest absolute Gasteiger partial charge is 0.480 e. The number of aromatic nitrogens is 2. The minimum absolute atomic E-state index is 0.0695. The summed E-state index contributed by atoms with van der Waals surface area (Å²) in [5, 5.41) is 34.6. The van der Waals surface area contributed by atoms with Crippen LogP contribution in [0, 0.1) is 5.92 Å². The topological polar surface area (TPSA) is 154 Å². The molecule has 2 aromatic carbocycles. The van der Waals surface area contributed by atoms with Crippen molar-refractivity contribution in [1.82, 2.24) is 9.97 Å². The standard InChI is InChI=1S/C17H22N2O3.C9H8N2O3S/c1-22-14-10-18-13-9-5-8-12(15(13)19-14)17(21)16(20)11-6-3-2-4-7-11;12-8-4-15-7-2-1-5(10-9(13)14)3-6(7)11-8/h5,8-11,16-17,20-21H,2-4,6-7H2,1H3;1-3,10H,4H2,(H,11,12)(H,13,14)/t16-,17-;/m1./s1. The molecule has 1 saturated carbocycles. The summed E-state index contributed by atoms with van der Waals surface area (Å²) in [7, 11) is 1.53. The Balaban J connectivity index is 0.000000186. The van der Waals surface area contributed by atoms with Crippen molar-refractivity contribution in [2.75, 3.05) is 23.5 Å². The van der Waals surface area contributed by atoms with Gasteiger partial charge in [0.2, 0.25) is 11.8 Å². The molecular weight excluding hydrogens is 496 g/mol. The monoisotopic (exact) mass is 526 g/mol. The van der Waals surface area contributed by atoms with Gasteiger partial charge < -0.3 is 25.4 Å². The number of carbonyl (C=O) groups is 2. The van der Waals surface area contributed by atoms with E-state index >= 15 is 0 Å². The van der Waals surface area contributed by atoms with Crippen LogP contribution in [0.4, 0.5) is 16.2 Å². The Morgan fingerprint density at radius 2 is 1.97 bits per heavy atom. The molecule has 0 unspecified atom stereocenters. The number of para-hydroxylation sites is 1. The van der Waals surface area contributed by atoms with Crippen LogP contribution in [0.3, 0.4) is 0 Å². The van der Waals surface area contributed by atoms with Crippen LogP contribution in [0.2, 0.25) is 0 Å². The number of rotatable bonds is 5. The van der Waals surface area contributed by atoms with Crippen molar-refractivity contribution in [3.05, 3.63) is 48.2 Å². The Bertz CT molecular complexity index is 1270. The molecule has 10 nitrogen and oxygen atoms in total. The van der Waals surface area contributed by atoms with Crippen LogP contribution in [0.1, 0.15) is 43.8 Å². The Morgan fingerprint density at radius 1 is 1.19 bits per heavy atom. The molecule has 3 aromatic rings. The van der Waals surface area contributed by atoms with E-state index in [1.165, 1.54) is 25.3 Å². The fourth-order valence-electron chi connectivity index (χ4n) is 4.58. The molecule has 5 N–H and O–H groups in total. The van der Waals surface area contributed by atoms with Crippen molar-refractivity contribution in [2.24, 2.45) is 5.92 Å². The van der Waals surface area contributed by atoms with E-state index in [4.69, 9.17) is 9.84 Å². The number of nitrogens with one attached hydrogen (secondary N) is 2. The molecule has 11 heteroatoms. The summed E-state index contributed by atoms with van der Waals surface area (Å²) in [4.78, 5) is 31.1. The van der Waals surface area contributed by atoms with Crippen LogP contribution in [-0.4, -0.2) is 56.3 Å². The average Bonchev–Trinajstić information content (AvgIpc) is 2.92. The molecule has 2 atom stereocenters. The van der Waals surface area contributed by atoms with Crippen molar-refractivity contribution in [2.45, 2.75) is 49.2 Å². The summed E-state index contributed by atoms with van der Waals surface area (Å²) in [5.41, 5.74) is 2.99. The van der Waals surface area contributed by atoms with E-state index in [0.29, 0.717) is 39.6 Å². The number of ether oxygens (including phenoxy) is 1. The number of nitrogens with zero attached hydrogens (tertiary/aromatic N) is 2. The molecule has 2 amide bonds. The van der Waals surface area contributed by atoms with Crippen molar-refractivity contribution >= 4 is 46.2 Å². The van der Waals surface area contributed by atoms with Gasteiger partial charge in [-0.3, -0.25) is 10.1 Å². The molecule has 1 aliphatic carbocycles. The number of aliphatic hydroxyl groups is 2. The van der Waals surface area contributed by atoms with E-state index in [9.17, 15) is 19.8 Å². The lowest BCUT2D eigenvalue weighted by Gasteiger charge is -2.30. The van der Waals surface area contributed by atoms with Crippen LogP contribution in [0.15, 0.2) is 47.5 Å². The maximum Gasteiger partial charge on any atom is 0.409 e. The Morgan fingerprint density at radius 3 is 2.70 bits per heavy atom. The first-order chi connectivity index (χ1) is 17.9. The summed E-state index contributed by atoms with van der Waals surface area (Å²) in [6, 6.07) is 10.5. The minimum atomic E-state index is -1.12. The zero-order chi connectivity index (χ0) is 26.4. The van der Waals surface area contributed by atoms with Gasteiger partial charge in [-0.2, -0.15) is 0 Å². The average molecular weight is 527 g/mol. The number of fused-ring (bicyclic) bond motifs is 2. The Labute approximate surface area is 218 Å².